The Morgan fingerprint density at radius 2 is 2.20 bits per heavy atom. The van der Waals surface area contributed by atoms with Gasteiger partial charge in [0.1, 0.15) is 6.54 Å². The van der Waals surface area contributed by atoms with Crippen molar-refractivity contribution in [2.45, 2.75) is 0 Å². The number of rotatable bonds is 3. The number of carboxylic acids is 1. The summed E-state index contributed by atoms with van der Waals surface area (Å²) in [5.41, 5.74) is 0. The standard InChI is InChI=1S/C5H7NO3.Na.H/c1-2-4(7)6-3-5(8)9;;/h2H,1,3H2,(H,6,7)(H,8,9);;/q;+1;-1. The van der Waals surface area contributed by atoms with Gasteiger partial charge in [-0.25, -0.2) is 0 Å². The Balaban J connectivity index is -0.000000320. The summed E-state index contributed by atoms with van der Waals surface area (Å²) in [6.07, 6.45) is 1.02. The molecule has 4 nitrogen and oxygen atoms in total. The molecule has 0 aliphatic heterocycles. The third-order valence-electron chi connectivity index (χ3n) is 0.599. The average molecular weight is 153 g/mol. The molecule has 52 valence electrons. The molecule has 0 spiro atoms. The molecule has 0 aliphatic carbocycles. The van der Waals surface area contributed by atoms with Crippen molar-refractivity contribution in [2.75, 3.05) is 6.54 Å². The second kappa shape index (κ2) is 6.80. The van der Waals surface area contributed by atoms with Gasteiger partial charge in [0.2, 0.25) is 5.91 Å². The molecule has 0 aromatic carbocycles. The van der Waals surface area contributed by atoms with E-state index in [2.05, 4.69) is 11.9 Å². The number of carbonyl (C=O) groups is 2. The van der Waals surface area contributed by atoms with E-state index in [0.717, 1.165) is 6.08 Å². The van der Waals surface area contributed by atoms with Crippen molar-refractivity contribution in [1.29, 1.82) is 0 Å². The summed E-state index contributed by atoms with van der Waals surface area (Å²) in [5.74, 6) is -1.54. The van der Waals surface area contributed by atoms with Crippen LogP contribution in [0.25, 0.3) is 0 Å². The number of amides is 1. The van der Waals surface area contributed by atoms with Gasteiger partial charge in [-0.05, 0) is 6.08 Å². The van der Waals surface area contributed by atoms with Crippen molar-refractivity contribution in [3.8, 4) is 0 Å². The molecule has 5 heteroatoms. The summed E-state index contributed by atoms with van der Waals surface area (Å²) in [6.45, 7) is 2.78. The van der Waals surface area contributed by atoms with Crippen LogP contribution in [0, 0.1) is 0 Å². The number of hydrogen-bond donors (Lipinski definition) is 2. The Bertz CT molecular complexity index is 151. The van der Waals surface area contributed by atoms with Crippen LogP contribution in [0.15, 0.2) is 12.7 Å². The van der Waals surface area contributed by atoms with E-state index < -0.39 is 11.9 Å². The zero-order valence-corrected chi connectivity index (χ0v) is 7.76. The van der Waals surface area contributed by atoms with Crippen LogP contribution in [0.5, 0.6) is 0 Å². The van der Waals surface area contributed by atoms with Crippen LogP contribution >= 0.6 is 0 Å². The summed E-state index contributed by atoms with van der Waals surface area (Å²) in [7, 11) is 0. The van der Waals surface area contributed by atoms with Gasteiger partial charge >= 0.3 is 35.5 Å². The smallest absolute Gasteiger partial charge is 1.00 e. The van der Waals surface area contributed by atoms with Crippen LogP contribution in [-0.4, -0.2) is 23.5 Å². The van der Waals surface area contributed by atoms with Gasteiger partial charge in [-0.2, -0.15) is 0 Å². The quantitative estimate of drug-likeness (QED) is 0.326. The molecule has 0 fully saturated rings. The summed E-state index contributed by atoms with van der Waals surface area (Å²) in [5, 5.41) is 10.1. The van der Waals surface area contributed by atoms with Crippen LogP contribution < -0.4 is 34.9 Å². The molecule has 10 heavy (non-hydrogen) atoms. The third kappa shape index (κ3) is 7.68. The first-order chi connectivity index (χ1) is 4.16. The maximum atomic E-state index is 10.2. The number of hydrogen-bond acceptors (Lipinski definition) is 2. The zero-order chi connectivity index (χ0) is 7.28. The summed E-state index contributed by atoms with van der Waals surface area (Å²) >= 11 is 0. The first-order valence-corrected chi connectivity index (χ1v) is 2.29. The van der Waals surface area contributed by atoms with E-state index in [0.29, 0.717) is 0 Å². The molecule has 2 N–H and O–H groups in total. The Hall–Kier alpha value is -0.320. The second-order valence-electron chi connectivity index (χ2n) is 1.32. The molecular formula is C5H8NNaO3. The molecule has 0 heterocycles. The minimum absolute atomic E-state index is 0. The SMILES string of the molecule is C=CC(=O)NCC(=O)O.[H-].[Na+]. The van der Waals surface area contributed by atoms with Crippen molar-refractivity contribution >= 4 is 11.9 Å². The van der Waals surface area contributed by atoms with Gasteiger partial charge in [0.25, 0.3) is 0 Å². The molecule has 0 saturated carbocycles. The molecule has 0 rings (SSSR count). The van der Waals surface area contributed by atoms with Crippen molar-refractivity contribution in [1.82, 2.24) is 5.32 Å². The van der Waals surface area contributed by atoms with Gasteiger partial charge in [-0.15, -0.1) is 0 Å². The number of nitrogens with one attached hydrogen (secondary N) is 1. The maximum absolute atomic E-state index is 10.2. The maximum Gasteiger partial charge on any atom is 1.00 e. The first kappa shape index (κ1) is 12.4. The summed E-state index contributed by atoms with van der Waals surface area (Å²) in [6, 6.07) is 0. The average Bonchev–Trinajstić information content (AvgIpc) is 1.83. The largest absolute Gasteiger partial charge is 1.00 e. The Labute approximate surface area is 82.1 Å². The molecule has 0 unspecified atom stereocenters. The molecule has 0 aromatic heterocycles. The minimum Gasteiger partial charge on any atom is -1.00 e. The van der Waals surface area contributed by atoms with Gasteiger partial charge in [-0.1, -0.05) is 6.58 Å². The first-order valence-electron chi connectivity index (χ1n) is 2.29. The van der Waals surface area contributed by atoms with Gasteiger partial charge in [0.15, 0.2) is 0 Å². The predicted molar refractivity (Wildman–Crippen MR) is 32.0 cm³/mol. The van der Waals surface area contributed by atoms with Crippen molar-refractivity contribution in [3.05, 3.63) is 12.7 Å². The van der Waals surface area contributed by atoms with E-state index in [1.807, 2.05) is 0 Å². The van der Waals surface area contributed by atoms with E-state index in [9.17, 15) is 9.59 Å². The van der Waals surface area contributed by atoms with Crippen LogP contribution in [0.4, 0.5) is 0 Å². The van der Waals surface area contributed by atoms with E-state index in [4.69, 9.17) is 5.11 Å². The molecule has 0 aliphatic rings. The Morgan fingerprint density at radius 1 is 1.70 bits per heavy atom. The van der Waals surface area contributed by atoms with Crippen LogP contribution in [0.3, 0.4) is 0 Å². The van der Waals surface area contributed by atoms with Crippen molar-refractivity contribution in [2.24, 2.45) is 0 Å². The fourth-order valence-corrected chi connectivity index (χ4v) is 0.235. The Kier molecular flexibility index (Phi) is 8.40. The van der Waals surface area contributed by atoms with Crippen LogP contribution in [-0.2, 0) is 9.59 Å². The van der Waals surface area contributed by atoms with Crippen molar-refractivity contribution in [3.63, 3.8) is 0 Å². The predicted octanol–water partition coefficient (Wildman–Crippen LogP) is -3.51. The van der Waals surface area contributed by atoms with Crippen LogP contribution in [0.2, 0.25) is 0 Å². The third-order valence-corrected chi connectivity index (χ3v) is 0.599. The molecule has 0 radical (unpaired) electrons. The normalized spacial score (nSPS) is 7.20. The van der Waals surface area contributed by atoms with E-state index in [-0.39, 0.29) is 37.5 Å². The van der Waals surface area contributed by atoms with Gasteiger partial charge in [0, 0.05) is 0 Å². The molecule has 1 amide bonds. The zero-order valence-electron chi connectivity index (χ0n) is 6.76. The number of carboxylic acid groups (broad SMARTS) is 1. The number of carbonyl (C=O) groups excluding carboxylic acids is 1. The molecule has 0 aromatic rings. The molecule has 0 saturated heterocycles. The van der Waals surface area contributed by atoms with E-state index >= 15 is 0 Å². The molecule has 0 bridgehead atoms. The minimum atomic E-state index is -1.06. The van der Waals surface area contributed by atoms with Gasteiger partial charge in [0.05, 0.1) is 0 Å². The van der Waals surface area contributed by atoms with E-state index in [1.165, 1.54) is 0 Å². The molecular weight excluding hydrogens is 145 g/mol. The van der Waals surface area contributed by atoms with Gasteiger partial charge < -0.3 is 11.8 Å². The summed E-state index contributed by atoms with van der Waals surface area (Å²) in [4.78, 5) is 20.0. The van der Waals surface area contributed by atoms with Crippen molar-refractivity contribution < 1.29 is 45.7 Å². The fourth-order valence-electron chi connectivity index (χ4n) is 0.235. The topological polar surface area (TPSA) is 66.4 Å². The Morgan fingerprint density at radius 3 is 2.50 bits per heavy atom. The van der Waals surface area contributed by atoms with E-state index in [1.54, 1.807) is 0 Å². The van der Waals surface area contributed by atoms with Gasteiger partial charge in [-0.3, -0.25) is 9.59 Å². The fraction of sp³-hybridized carbons (Fsp3) is 0.200. The van der Waals surface area contributed by atoms with Crippen LogP contribution in [0.1, 0.15) is 1.43 Å². The second-order valence-corrected chi connectivity index (χ2v) is 1.32. The summed E-state index contributed by atoms with van der Waals surface area (Å²) < 4.78 is 0. The monoisotopic (exact) mass is 153 g/mol. The number of aliphatic carboxylic acids is 1. The molecule has 0 atom stereocenters.